The van der Waals surface area contributed by atoms with E-state index in [-0.39, 0.29) is 29.3 Å². The van der Waals surface area contributed by atoms with Crippen molar-refractivity contribution in [1.29, 1.82) is 0 Å². The van der Waals surface area contributed by atoms with E-state index in [0.29, 0.717) is 12.3 Å². The number of amides is 1. The molecule has 0 saturated heterocycles. The molecule has 7 nitrogen and oxygen atoms in total. The Hall–Kier alpha value is -3.36. The van der Waals surface area contributed by atoms with Crippen LogP contribution in [0.2, 0.25) is 0 Å². The number of ether oxygens (including phenoxy) is 1. The Morgan fingerprint density at radius 1 is 1.15 bits per heavy atom. The molecule has 8 heteroatoms. The molecule has 0 radical (unpaired) electrons. The van der Waals surface area contributed by atoms with Crippen molar-refractivity contribution in [3.8, 4) is 5.88 Å². The first-order valence-corrected chi connectivity index (χ1v) is 14.2. The highest BCUT2D eigenvalue weighted by Gasteiger charge is 2.46. The Bertz CT molecular complexity index is 1320. The second-order valence-electron chi connectivity index (χ2n) is 12.4. The number of aromatic nitrogens is 2. The molecule has 1 aliphatic heterocycles. The second kappa shape index (κ2) is 11.6. The third-order valence-electron chi connectivity index (χ3n) is 7.83. The van der Waals surface area contributed by atoms with Crippen LogP contribution < -0.4 is 15.4 Å². The predicted octanol–water partition coefficient (Wildman–Crippen LogP) is 4.94. The molecule has 5 rings (SSSR count). The lowest BCUT2D eigenvalue weighted by Crippen LogP contribution is -2.52. The number of aliphatic hydroxyl groups excluding tert-OH is 1. The maximum absolute atomic E-state index is 14.3. The van der Waals surface area contributed by atoms with E-state index < -0.39 is 23.9 Å². The molecular formula is C32H39FN4O3. The van der Waals surface area contributed by atoms with Crippen LogP contribution in [0.1, 0.15) is 79.7 Å². The average Bonchev–Trinajstić information content (AvgIpc) is 2.90. The molecule has 0 bridgehead atoms. The zero-order valence-electron chi connectivity index (χ0n) is 23.5. The summed E-state index contributed by atoms with van der Waals surface area (Å²) >= 11 is 0. The third kappa shape index (κ3) is 6.67. The molecule has 3 N–H and O–H groups in total. The molecule has 1 amide bonds. The molecule has 40 heavy (non-hydrogen) atoms. The molecule has 1 saturated carbocycles. The fourth-order valence-corrected chi connectivity index (χ4v) is 5.69. The maximum Gasteiger partial charge on any atom is 0.273 e. The summed E-state index contributed by atoms with van der Waals surface area (Å²) in [6.07, 6.45) is 7.52. The summed E-state index contributed by atoms with van der Waals surface area (Å²) < 4.78 is 20.7. The highest BCUT2D eigenvalue weighted by Crippen LogP contribution is 2.48. The van der Waals surface area contributed by atoms with Crippen molar-refractivity contribution in [2.75, 3.05) is 6.54 Å². The van der Waals surface area contributed by atoms with E-state index in [1.165, 1.54) is 18.3 Å². The van der Waals surface area contributed by atoms with Gasteiger partial charge < -0.3 is 20.5 Å². The van der Waals surface area contributed by atoms with Gasteiger partial charge in [-0.15, -0.1) is 0 Å². The van der Waals surface area contributed by atoms with Crippen LogP contribution in [-0.4, -0.2) is 45.3 Å². The van der Waals surface area contributed by atoms with Gasteiger partial charge in [-0.25, -0.2) is 14.4 Å². The van der Waals surface area contributed by atoms with E-state index in [0.717, 1.165) is 48.8 Å². The number of hydrogen-bond donors (Lipinski definition) is 3. The normalized spacial score (nSPS) is 19.2. The van der Waals surface area contributed by atoms with E-state index in [9.17, 15) is 14.3 Å². The van der Waals surface area contributed by atoms with Crippen molar-refractivity contribution in [3.63, 3.8) is 0 Å². The van der Waals surface area contributed by atoms with Gasteiger partial charge in [0.1, 0.15) is 5.60 Å². The number of halogens is 1. The number of nitrogens with zero attached hydrogens (tertiary/aromatic N) is 2. The fraction of sp³-hybridized carbons (Fsp3) is 0.469. The standard InChI is InChI=1S/C32H39FN4O3/c1-31(2,3)17-22-15-23-26(18-32(12-8-13-32)40-30(23)36-19-22)35-20-27(38)25(16-21-9-5-4-6-10-21)37-29(39)28-24(33)11-7-14-34-28/h4-7,9-11,14-15,19,25-27,35,38H,8,12-13,16-18,20H2,1-3H3,(H,37,39)/t25-,26-,27+/m0/s1. The molecule has 1 fully saturated rings. The van der Waals surface area contributed by atoms with Gasteiger partial charge in [-0.2, -0.15) is 0 Å². The summed E-state index contributed by atoms with van der Waals surface area (Å²) in [7, 11) is 0. The summed E-state index contributed by atoms with van der Waals surface area (Å²) in [6.45, 7) is 6.84. The minimum Gasteiger partial charge on any atom is -0.471 e. The molecule has 0 unspecified atom stereocenters. The van der Waals surface area contributed by atoms with Gasteiger partial charge in [-0.1, -0.05) is 51.1 Å². The quantitative estimate of drug-likeness (QED) is 0.352. The number of carbonyl (C=O) groups excluding carboxylic acids is 1. The van der Waals surface area contributed by atoms with Crippen LogP contribution in [0.3, 0.4) is 0 Å². The van der Waals surface area contributed by atoms with Crippen molar-refractivity contribution in [2.45, 2.75) is 83.1 Å². The van der Waals surface area contributed by atoms with Gasteiger partial charge in [0, 0.05) is 37.0 Å². The second-order valence-corrected chi connectivity index (χ2v) is 12.4. The molecule has 2 aromatic heterocycles. The topological polar surface area (TPSA) is 96.4 Å². The van der Waals surface area contributed by atoms with E-state index in [1.807, 2.05) is 36.5 Å². The van der Waals surface area contributed by atoms with Gasteiger partial charge in [0.2, 0.25) is 5.88 Å². The zero-order chi connectivity index (χ0) is 28.3. The summed E-state index contributed by atoms with van der Waals surface area (Å²) in [5, 5.41) is 17.8. The Labute approximate surface area is 235 Å². The van der Waals surface area contributed by atoms with Gasteiger partial charge in [0.05, 0.1) is 12.1 Å². The molecule has 1 spiro atoms. The monoisotopic (exact) mass is 546 g/mol. The summed E-state index contributed by atoms with van der Waals surface area (Å²) in [5.41, 5.74) is 2.72. The molecule has 3 aromatic rings. The SMILES string of the molecule is CC(C)(C)Cc1cnc2c(c1)[C@@H](NC[C@@H](O)[C@H](Cc1ccccc1)NC(=O)c1ncccc1F)CC1(CCC1)O2. The first kappa shape index (κ1) is 28.2. The van der Waals surface area contributed by atoms with Crippen LogP contribution in [0, 0.1) is 11.2 Å². The molecule has 3 heterocycles. The number of carbonyl (C=O) groups is 1. The fourth-order valence-electron chi connectivity index (χ4n) is 5.69. The van der Waals surface area contributed by atoms with Gasteiger partial charge in [-0.05, 0) is 66.8 Å². The van der Waals surface area contributed by atoms with Gasteiger partial charge in [0.25, 0.3) is 5.91 Å². The van der Waals surface area contributed by atoms with Gasteiger partial charge in [-0.3, -0.25) is 4.79 Å². The highest BCUT2D eigenvalue weighted by atomic mass is 19.1. The van der Waals surface area contributed by atoms with E-state index in [2.05, 4.69) is 42.5 Å². The summed E-state index contributed by atoms with van der Waals surface area (Å²) in [4.78, 5) is 21.6. The molecule has 3 atom stereocenters. The van der Waals surface area contributed by atoms with E-state index in [4.69, 9.17) is 9.72 Å². The highest BCUT2D eigenvalue weighted by molar-refractivity contribution is 5.92. The molecule has 1 aromatic carbocycles. The zero-order valence-corrected chi connectivity index (χ0v) is 23.5. The number of hydrogen-bond acceptors (Lipinski definition) is 6. The largest absolute Gasteiger partial charge is 0.471 e. The number of aliphatic hydroxyl groups is 1. The van der Waals surface area contributed by atoms with Gasteiger partial charge >= 0.3 is 0 Å². The minimum atomic E-state index is -0.940. The third-order valence-corrected chi connectivity index (χ3v) is 7.83. The lowest BCUT2D eigenvalue weighted by atomic mass is 9.73. The number of fused-ring (bicyclic) bond motifs is 1. The van der Waals surface area contributed by atoms with Crippen LogP contribution in [0.15, 0.2) is 60.9 Å². The number of rotatable bonds is 9. The van der Waals surface area contributed by atoms with Crippen molar-refractivity contribution < 1.29 is 19.0 Å². The van der Waals surface area contributed by atoms with E-state index >= 15 is 0 Å². The number of benzene rings is 1. The summed E-state index contributed by atoms with van der Waals surface area (Å²) in [6, 6.07) is 13.7. The van der Waals surface area contributed by atoms with Crippen molar-refractivity contribution in [2.24, 2.45) is 5.41 Å². The molecule has 212 valence electrons. The minimum absolute atomic E-state index is 0.0487. The number of nitrogens with one attached hydrogen (secondary N) is 2. The van der Waals surface area contributed by atoms with Gasteiger partial charge in [0.15, 0.2) is 11.5 Å². The van der Waals surface area contributed by atoms with Crippen LogP contribution in [0.25, 0.3) is 0 Å². The lowest BCUT2D eigenvalue weighted by molar-refractivity contribution is -0.0421. The molecular weight excluding hydrogens is 507 g/mol. The Morgan fingerprint density at radius 3 is 2.60 bits per heavy atom. The lowest BCUT2D eigenvalue weighted by Gasteiger charge is -2.47. The van der Waals surface area contributed by atoms with Crippen LogP contribution in [-0.2, 0) is 12.8 Å². The van der Waals surface area contributed by atoms with E-state index in [1.54, 1.807) is 0 Å². The van der Waals surface area contributed by atoms with Crippen molar-refractivity contribution in [1.82, 2.24) is 20.6 Å². The van der Waals surface area contributed by atoms with Crippen LogP contribution >= 0.6 is 0 Å². The predicted molar refractivity (Wildman–Crippen MR) is 152 cm³/mol. The Balaban J connectivity index is 1.34. The van der Waals surface area contributed by atoms with Crippen molar-refractivity contribution >= 4 is 5.91 Å². The first-order valence-electron chi connectivity index (χ1n) is 14.2. The maximum atomic E-state index is 14.3. The number of pyridine rings is 2. The first-order chi connectivity index (χ1) is 19.1. The molecule has 1 aliphatic carbocycles. The average molecular weight is 547 g/mol. The Morgan fingerprint density at radius 2 is 1.93 bits per heavy atom. The van der Waals surface area contributed by atoms with Crippen LogP contribution in [0.5, 0.6) is 5.88 Å². The summed E-state index contributed by atoms with van der Waals surface area (Å²) in [5.74, 6) is -0.691. The van der Waals surface area contributed by atoms with Crippen LogP contribution in [0.4, 0.5) is 4.39 Å². The molecule has 2 aliphatic rings. The van der Waals surface area contributed by atoms with Crippen molar-refractivity contribution in [3.05, 3.63) is 89.1 Å². The Kier molecular flexibility index (Phi) is 8.19. The smallest absolute Gasteiger partial charge is 0.273 e.